The molecular formula is C16H24N4O2. The van der Waals surface area contributed by atoms with Crippen molar-refractivity contribution < 1.29 is 9.59 Å². The number of piperazine rings is 1. The molecule has 0 atom stereocenters. The molecule has 0 radical (unpaired) electrons. The lowest BCUT2D eigenvalue weighted by molar-refractivity contribution is 0.1000. The van der Waals surface area contributed by atoms with E-state index in [0.29, 0.717) is 18.5 Å². The Morgan fingerprint density at radius 2 is 1.95 bits per heavy atom. The molecule has 0 saturated carbocycles. The topological polar surface area (TPSA) is 78.7 Å². The van der Waals surface area contributed by atoms with Crippen molar-refractivity contribution >= 4 is 11.9 Å². The minimum absolute atomic E-state index is 0.0122. The summed E-state index contributed by atoms with van der Waals surface area (Å²) in [7, 11) is 0. The number of nitrogens with two attached hydrogens (primary N) is 1. The van der Waals surface area contributed by atoms with Crippen molar-refractivity contribution in [2.45, 2.75) is 13.3 Å². The van der Waals surface area contributed by atoms with E-state index in [4.69, 9.17) is 5.73 Å². The van der Waals surface area contributed by atoms with Crippen LogP contribution in [-0.2, 0) is 6.42 Å². The van der Waals surface area contributed by atoms with Gasteiger partial charge in [0.1, 0.15) is 0 Å². The van der Waals surface area contributed by atoms with Crippen LogP contribution in [0.15, 0.2) is 24.3 Å². The van der Waals surface area contributed by atoms with Gasteiger partial charge in [0.05, 0.1) is 0 Å². The molecule has 22 heavy (non-hydrogen) atoms. The average molecular weight is 304 g/mol. The van der Waals surface area contributed by atoms with E-state index in [0.717, 1.165) is 38.3 Å². The van der Waals surface area contributed by atoms with Crippen molar-refractivity contribution in [1.82, 2.24) is 15.1 Å². The fraction of sp³-hybridized carbons (Fsp3) is 0.500. The molecule has 3 amide bonds. The Hall–Kier alpha value is -2.08. The number of amides is 3. The number of likely N-dealkylation sites (N-methyl/N-ethyl adjacent to an activating group) is 1. The Morgan fingerprint density at radius 1 is 1.23 bits per heavy atom. The maximum atomic E-state index is 12.1. The standard InChI is InChI=1S/C16H24N4O2/c1-2-19-8-10-20(11-9-19)16(22)18-7-6-13-4-3-5-14(12-13)15(17)21/h3-5,12H,2,6-11H2,1H3,(H2,17,21)(H,18,22). The number of nitrogens with zero attached hydrogens (tertiary/aromatic N) is 2. The van der Waals surface area contributed by atoms with Crippen molar-refractivity contribution in [3.63, 3.8) is 0 Å². The molecule has 0 bridgehead atoms. The number of urea groups is 1. The molecule has 0 aromatic heterocycles. The second kappa shape index (κ2) is 7.79. The smallest absolute Gasteiger partial charge is 0.317 e. The highest BCUT2D eigenvalue weighted by Crippen LogP contribution is 2.05. The highest BCUT2D eigenvalue weighted by Gasteiger charge is 2.19. The number of benzene rings is 1. The van der Waals surface area contributed by atoms with Gasteiger partial charge < -0.3 is 20.9 Å². The zero-order valence-electron chi connectivity index (χ0n) is 13.0. The van der Waals surface area contributed by atoms with E-state index >= 15 is 0 Å². The van der Waals surface area contributed by atoms with Crippen molar-refractivity contribution in [3.05, 3.63) is 35.4 Å². The minimum atomic E-state index is -0.431. The van der Waals surface area contributed by atoms with Gasteiger partial charge in [-0.25, -0.2) is 4.79 Å². The van der Waals surface area contributed by atoms with Gasteiger partial charge in [0.15, 0.2) is 0 Å². The van der Waals surface area contributed by atoms with Crippen LogP contribution in [0.2, 0.25) is 0 Å². The van der Waals surface area contributed by atoms with Gasteiger partial charge >= 0.3 is 6.03 Å². The molecule has 0 aliphatic carbocycles. The third-order valence-corrected chi connectivity index (χ3v) is 4.01. The predicted molar refractivity (Wildman–Crippen MR) is 85.7 cm³/mol. The van der Waals surface area contributed by atoms with Gasteiger partial charge in [-0.15, -0.1) is 0 Å². The number of carbonyl (C=O) groups is 2. The SMILES string of the molecule is CCN1CCN(C(=O)NCCc2cccc(C(N)=O)c2)CC1. The lowest BCUT2D eigenvalue weighted by atomic mass is 10.1. The first-order chi connectivity index (χ1) is 10.6. The molecular weight excluding hydrogens is 280 g/mol. The number of hydrogen-bond acceptors (Lipinski definition) is 3. The van der Waals surface area contributed by atoms with Crippen molar-refractivity contribution in [2.24, 2.45) is 5.73 Å². The van der Waals surface area contributed by atoms with Crippen LogP contribution in [0.1, 0.15) is 22.8 Å². The van der Waals surface area contributed by atoms with E-state index in [-0.39, 0.29) is 6.03 Å². The second-order valence-electron chi connectivity index (χ2n) is 5.47. The third kappa shape index (κ3) is 4.46. The zero-order chi connectivity index (χ0) is 15.9. The average Bonchev–Trinajstić information content (AvgIpc) is 2.55. The lowest BCUT2D eigenvalue weighted by Crippen LogP contribution is -2.51. The van der Waals surface area contributed by atoms with Gasteiger partial charge in [0, 0.05) is 38.3 Å². The van der Waals surface area contributed by atoms with Crippen LogP contribution in [0.5, 0.6) is 0 Å². The number of carbonyl (C=O) groups excluding carboxylic acids is 2. The summed E-state index contributed by atoms with van der Waals surface area (Å²) in [6, 6.07) is 7.19. The summed E-state index contributed by atoms with van der Waals surface area (Å²) in [5.41, 5.74) is 6.75. The van der Waals surface area contributed by atoms with Crippen LogP contribution in [0, 0.1) is 0 Å². The van der Waals surface area contributed by atoms with E-state index in [9.17, 15) is 9.59 Å². The molecule has 1 fully saturated rings. The largest absolute Gasteiger partial charge is 0.366 e. The third-order valence-electron chi connectivity index (χ3n) is 4.01. The van der Waals surface area contributed by atoms with Gasteiger partial charge in [0.25, 0.3) is 0 Å². The Labute approximate surface area is 131 Å². The van der Waals surface area contributed by atoms with Crippen LogP contribution >= 0.6 is 0 Å². The van der Waals surface area contributed by atoms with Crippen molar-refractivity contribution in [3.8, 4) is 0 Å². The van der Waals surface area contributed by atoms with E-state index in [2.05, 4.69) is 17.1 Å². The van der Waals surface area contributed by atoms with Crippen molar-refractivity contribution in [2.75, 3.05) is 39.3 Å². The molecule has 6 nitrogen and oxygen atoms in total. The maximum absolute atomic E-state index is 12.1. The molecule has 120 valence electrons. The summed E-state index contributed by atoms with van der Waals surface area (Å²) in [6.45, 7) is 7.14. The summed E-state index contributed by atoms with van der Waals surface area (Å²) in [4.78, 5) is 27.4. The Bertz CT molecular complexity index is 525. The summed E-state index contributed by atoms with van der Waals surface area (Å²) >= 11 is 0. The number of hydrogen-bond donors (Lipinski definition) is 2. The van der Waals surface area contributed by atoms with Crippen molar-refractivity contribution in [1.29, 1.82) is 0 Å². The van der Waals surface area contributed by atoms with E-state index in [1.807, 2.05) is 11.0 Å². The summed E-state index contributed by atoms with van der Waals surface area (Å²) in [5.74, 6) is -0.431. The Kier molecular flexibility index (Phi) is 5.77. The number of nitrogens with one attached hydrogen (secondary N) is 1. The molecule has 0 unspecified atom stereocenters. The summed E-state index contributed by atoms with van der Waals surface area (Å²) in [5, 5.41) is 2.93. The number of primary amides is 1. The maximum Gasteiger partial charge on any atom is 0.317 e. The van der Waals surface area contributed by atoms with Crippen LogP contribution in [-0.4, -0.2) is 61.0 Å². The van der Waals surface area contributed by atoms with E-state index < -0.39 is 5.91 Å². The Morgan fingerprint density at radius 3 is 2.59 bits per heavy atom. The molecule has 2 rings (SSSR count). The van der Waals surface area contributed by atoms with Crippen LogP contribution in [0.4, 0.5) is 4.79 Å². The zero-order valence-corrected chi connectivity index (χ0v) is 13.0. The fourth-order valence-electron chi connectivity index (χ4n) is 2.57. The summed E-state index contributed by atoms with van der Waals surface area (Å²) < 4.78 is 0. The van der Waals surface area contributed by atoms with Gasteiger partial charge in [-0.1, -0.05) is 19.1 Å². The highest BCUT2D eigenvalue weighted by molar-refractivity contribution is 5.92. The summed E-state index contributed by atoms with van der Waals surface area (Å²) in [6.07, 6.45) is 0.682. The van der Waals surface area contributed by atoms with Gasteiger partial charge in [-0.05, 0) is 30.7 Å². The van der Waals surface area contributed by atoms with E-state index in [1.54, 1.807) is 18.2 Å². The molecule has 1 aliphatic rings. The highest BCUT2D eigenvalue weighted by atomic mass is 16.2. The van der Waals surface area contributed by atoms with Crippen LogP contribution in [0.25, 0.3) is 0 Å². The molecule has 3 N–H and O–H groups in total. The van der Waals surface area contributed by atoms with Gasteiger partial charge in [-0.2, -0.15) is 0 Å². The van der Waals surface area contributed by atoms with Gasteiger partial charge in [-0.3, -0.25) is 4.79 Å². The van der Waals surface area contributed by atoms with Crippen LogP contribution < -0.4 is 11.1 Å². The van der Waals surface area contributed by atoms with Crippen LogP contribution in [0.3, 0.4) is 0 Å². The number of rotatable bonds is 5. The quantitative estimate of drug-likeness (QED) is 0.839. The molecule has 0 spiro atoms. The minimum Gasteiger partial charge on any atom is -0.366 e. The molecule has 1 heterocycles. The van der Waals surface area contributed by atoms with Gasteiger partial charge in [0.2, 0.25) is 5.91 Å². The normalized spacial score (nSPS) is 15.6. The first-order valence-corrected chi connectivity index (χ1v) is 7.74. The molecule has 1 aromatic rings. The predicted octanol–water partition coefficient (Wildman–Crippen LogP) is 0.675. The lowest BCUT2D eigenvalue weighted by Gasteiger charge is -2.34. The monoisotopic (exact) mass is 304 g/mol. The fourth-order valence-corrected chi connectivity index (χ4v) is 2.57. The van der Waals surface area contributed by atoms with E-state index in [1.165, 1.54) is 0 Å². The first kappa shape index (κ1) is 16.3. The molecule has 1 saturated heterocycles. The second-order valence-corrected chi connectivity index (χ2v) is 5.47. The first-order valence-electron chi connectivity index (χ1n) is 7.74. The molecule has 1 aliphatic heterocycles. The molecule has 6 heteroatoms. The molecule has 1 aromatic carbocycles. The Balaban J connectivity index is 1.75.